The van der Waals surface area contributed by atoms with Crippen molar-refractivity contribution in [1.82, 2.24) is 5.32 Å². The van der Waals surface area contributed by atoms with Crippen molar-refractivity contribution in [1.29, 1.82) is 0 Å². The van der Waals surface area contributed by atoms with Crippen LogP contribution >= 0.6 is 0 Å². The quantitative estimate of drug-likeness (QED) is 0.804. The minimum Gasteiger partial charge on any atom is -0.383 e. The maximum atomic E-state index is 6.24. The predicted octanol–water partition coefficient (Wildman–Crippen LogP) is 2.21. The molecule has 3 unspecified atom stereocenters. The number of nitrogens with one attached hydrogen (secondary N) is 1. The normalized spacial score (nSPS) is 41.6. The smallest absolute Gasteiger partial charge is 0.0865 e. The van der Waals surface area contributed by atoms with E-state index in [1.165, 1.54) is 6.42 Å². The van der Waals surface area contributed by atoms with Crippen molar-refractivity contribution in [3.8, 4) is 0 Å². The highest BCUT2D eigenvalue weighted by molar-refractivity contribution is 5.03. The van der Waals surface area contributed by atoms with Crippen molar-refractivity contribution >= 4 is 0 Å². The number of rotatable bonds is 2. The fraction of sp³-hybridized carbons (Fsp3) is 1.00. The molecular weight excluding hydrogens is 214 g/mol. The van der Waals surface area contributed by atoms with Crippen LogP contribution in [0.2, 0.25) is 0 Å². The van der Waals surface area contributed by atoms with Crippen LogP contribution in [0.15, 0.2) is 0 Å². The molecule has 1 saturated heterocycles. The van der Waals surface area contributed by atoms with Crippen LogP contribution in [0.5, 0.6) is 0 Å². The molecule has 2 aliphatic rings. The molecule has 0 radical (unpaired) electrons. The molecule has 1 heterocycles. The summed E-state index contributed by atoms with van der Waals surface area (Å²) in [5.74, 6) is 0.734. The molecule has 3 heteroatoms. The number of hydrogen-bond acceptors (Lipinski definition) is 3. The van der Waals surface area contributed by atoms with Gasteiger partial charge in [0.15, 0.2) is 0 Å². The summed E-state index contributed by atoms with van der Waals surface area (Å²) < 4.78 is 11.6. The van der Waals surface area contributed by atoms with E-state index in [4.69, 9.17) is 9.47 Å². The summed E-state index contributed by atoms with van der Waals surface area (Å²) in [4.78, 5) is 0. The molecule has 0 amide bonds. The van der Waals surface area contributed by atoms with E-state index in [1.54, 1.807) is 7.11 Å². The van der Waals surface area contributed by atoms with Crippen LogP contribution in [0, 0.1) is 11.3 Å². The average Bonchev–Trinajstić information content (AvgIpc) is 2.18. The molecular formula is C14H27NO2. The largest absolute Gasteiger partial charge is 0.383 e. The predicted molar refractivity (Wildman–Crippen MR) is 69.1 cm³/mol. The third-order valence-corrected chi connectivity index (χ3v) is 4.22. The average molecular weight is 241 g/mol. The Morgan fingerprint density at radius 3 is 2.76 bits per heavy atom. The Labute approximate surface area is 105 Å². The summed E-state index contributed by atoms with van der Waals surface area (Å²) in [5, 5.41) is 3.59. The van der Waals surface area contributed by atoms with E-state index in [0.717, 1.165) is 38.5 Å². The Hall–Kier alpha value is -0.120. The van der Waals surface area contributed by atoms with Crippen LogP contribution in [0.4, 0.5) is 0 Å². The molecule has 3 nitrogen and oxygen atoms in total. The van der Waals surface area contributed by atoms with Crippen molar-refractivity contribution in [2.24, 2.45) is 11.3 Å². The van der Waals surface area contributed by atoms with Crippen molar-refractivity contribution in [3.05, 3.63) is 0 Å². The molecule has 0 bridgehead atoms. The van der Waals surface area contributed by atoms with Gasteiger partial charge in [0.05, 0.1) is 24.9 Å². The first-order valence-electron chi connectivity index (χ1n) is 6.84. The van der Waals surface area contributed by atoms with Crippen molar-refractivity contribution in [3.63, 3.8) is 0 Å². The lowest BCUT2D eigenvalue weighted by atomic mass is 9.63. The van der Waals surface area contributed by atoms with E-state index >= 15 is 0 Å². The number of morpholine rings is 1. The maximum absolute atomic E-state index is 6.24. The SMILES string of the molecule is COCC1NCCOC12CC(C)CC(C)(C)C2. The molecule has 3 atom stereocenters. The second-order valence-electron chi connectivity index (χ2n) is 6.73. The van der Waals surface area contributed by atoms with E-state index in [1.807, 2.05) is 0 Å². The van der Waals surface area contributed by atoms with Crippen LogP contribution < -0.4 is 5.32 Å². The molecule has 2 fully saturated rings. The monoisotopic (exact) mass is 241 g/mol. The van der Waals surface area contributed by atoms with E-state index in [2.05, 4.69) is 26.1 Å². The van der Waals surface area contributed by atoms with Gasteiger partial charge in [-0.1, -0.05) is 20.8 Å². The molecule has 0 aromatic rings. The van der Waals surface area contributed by atoms with Gasteiger partial charge in [0, 0.05) is 13.7 Å². The zero-order valence-electron chi connectivity index (χ0n) is 11.7. The summed E-state index contributed by atoms with van der Waals surface area (Å²) in [6.45, 7) is 9.62. The number of methoxy groups -OCH3 is 1. The van der Waals surface area contributed by atoms with E-state index in [9.17, 15) is 0 Å². The summed E-state index contributed by atoms with van der Waals surface area (Å²) in [7, 11) is 1.78. The maximum Gasteiger partial charge on any atom is 0.0865 e. The van der Waals surface area contributed by atoms with Gasteiger partial charge in [-0.3, -0.25) is 0 Å². The van der Waals surface area contributed by atoms with Crippen molar-refractivity contribution in [2.75, 3.05) is 26.9 Å². The van der Waals surface area contributed by atoms with Gasteiger partial charge >= 0.3 is 0 Å². The van der Waals surface area contributed by atoms with E-state index < -0.39 is 0 Å². The molecule has 100 valence electrons. The summed E-state index contributed by atoms with van der Waals surface area (Å²) in [6, 6.07) is 0.350. The fourth-order valence-electron chi connectivity index (χ4n) is 4.09. The molecule has 2 rings (SSSR count). The molecule has 0 aromatic carbocycles. The van der Waals surface area contributed by atoms with Crippen LogP contribution in [-0.4, -0.2) is 38.5 Å². The van der Waals surface area contributed by atoms with E-state index in [0.29, 0.717) is 11.5 Å². The molecule has 1 saturated carbocycles. The Bertz CT molecular complexity index is 265. The van der Waals surface area contributed by atoms with Crippen LogP contribution in [0.3, 0.4) is 0 Å². The van der Waals surface area contributed by atoms with Gasteiger partial charge in [0.2, 0.25) is 0 Å². The van der Waals surface area contributed by atoms with Gasteiger partial charge < -0.3 is 14.8 Å². The topological polar surface area (TPSA) is 30.5 Å². The molecule has 1 spiro atoms. The highest BCUT2D eigenvalue weighted by atomic mass is 16.5. The highest BCUT2D eigenvalue weighted by Crippen LogP contribution is 2.47. The second-order valence-corrected chi connectivity index (χ2v) is 6.73. The molecule has 1 N–H and O–H groups in total. The second kappa shape index (κ2) is 4.87. The van der Waals surface area contributed by atoms with Crippen molar-refractivity contribution < 1.29 is 9.47 Å². The lowest BCUT2D eigenvalue weighted by molar-refractivity contribution is -0.159. The summed E-state index contributed by atoms with van der Waals surface area (Å²) in [5.41, 5.74) is 0.373. The molecule has 17 heavy (non-hydrogen) atoms. The number of ether oxygens (including phenoxy) is 2. The van der Waals surface area contributed by atoms with Gasteiger partial charge in [-0.15, -0.1) is 0 Å². The third kappa shape index (κ3) is 2.83. The first-order chi connectivity index (χ1) is 7.97. The Kier molecular flexibility index (Phi) is 3.81. The highest BCUT2D eigenvalue weighted by Gasteiger charge is 2.49. The minimum absolute atomic E-state index is 0.00454. The molecule has 1 aliphatic heterocycles. The summed E-state index contributed by atoms with van der Waals surface area (Å²) in [6.07, 6.45) is 3.61. The van der Waals surface area contributed by atoms with Crippen LogP contribution in [0.25, 0.3) is 0 Å². The van der Waals surface area contributed by atoms with E-state index in [-0.39, 0.29) is 5.60 Å². The minimum atomic E-state index is -0.00454. The first kappa shape index (κ1) is 13.3. The van der Waals surface area contributed by atoms with Gasteiger partial charge in [-0.25, -0.2) is 0 Å². The zero-order chi connectivity index (χ0) is 12.5. The molecule has 1 aliphatic carbocycles. The summed E-state index contributed by atoms with van der Waals surface area (Å²) >= 11 is 0. The molecule has 0 aromatic heterocycles. The Morgan fingerprint density at radius 1 is 1.35 bits per heavy atom. The third-order valence-electron chi connectivity index (χ3n) is 4.22. The van der Waals surface area contributed by atoms with Gasteiger partial charge in [-0.2, -0.15) is 0 Å². The zero-order valence-corrected chi connectivity index (χ0v) is 11.7. The van der Waals surface area contributed by atoms with Gasteiger partial charge in [-0.05, 0) is 30.6 Å². The number of hydrogen-bond donors (Lipinski definition) is 1. The lowest BCUT2D eigenvalue weighted by Crippen LogP contribution is -2.63. The fourth-order valence-corrected chi connectivity index (χ4v) is 4.09. The first-order valence-corrected chi connectivity index (χ1v) is 6.84. The van der Waals surface area contributed by atoms with Crippen LogP contribution in [-0.2, 0) is 9.47 Å². The van der Waals surface area contributed by atoms with Gasteiger partial charge in [0.1, 0.15) is 0 Å². The van der Waals surface area contributed by atoms with Gasteiger partial charge in [0.25, 0.3) is 0 Å². The van der Waals surface area contributed by atoms with Crippen LogP contribution in [0.1, 0.15) is 40.0 Å². The Balaban J connectivity index is 2.18. The Morgan fingerprint density at radius 2 is 2.12 bits per heavy atom. The standard InChI is InChI=1S/C14H27NO2/c1-11-7-13(2,3)10-14(8-11)12(9-16-4)15-5-6-17-14/h11-12,15H,5-10H2,1-4H3. The lowest BCUT2D eigenvalue weighted by Gasteiger charge is -2.53. The van der Waals surface area contributed by atoms with Crippen molar-refractivity contribution in [2.45, 2.75) is 51.7 Å².